The highest BCUT2D eigenvalue weighted by Crippen LogP contribution is 2.65. The smallest absolute Gasteiger partial charge is 0.284 e. The minimum absolute atomic E-state index is 0.358. The summed E-state index contributed by atoms with van der Waals surface area (Å²) in [5, 5.41) is 7.37. The van der Waals surface area contributed by atoms with Crippen LogP contribution in [0.25, 0.3) is 0 Å². The average molecular weight is 302 g/mol. The van der Waals surface area contributed by atoms with Crippen molar-refractivity contribution in [3.05, 3.63) is 11.4 Å². The summed E-state index contributed by atoms with van der Waals surface area (Å²) in [5.41, 5.74) is 0. The highest BCUT2D eigenvalue weighted by Gasteiger charge is 2.29. The molecule has 0 saturated carbocycles. The van der Waals surface area contributed by atoms with Gasteiger partial charge in [0.05, 0.1) is 12.7 Å². The minimum Gasteiger partial charge on any atom is -0.392 e. The van der Waals surface area contributed by atoms with Gasteiger partial charge in [0.2, 0.25) is 0 Å². The first kappa shape index (κ1) is 10.7. The second-order valence-corrected chi connectivity index (χ2v) is 8.29. The van der Waals surface area contributed by atoms with Gasteiger partial charge in [-0.3, -0.25) is 4.57 Å². The molecular weight excluding hydrogens is 290 g/mol. The lowest BCUT2D eigenvalue weighted by Crippen LogP contribution is -1.98. The molecule has 1 aliphatic carbocycles. The summed E-state index contributed by atoms with van der Waals surface area (Å²) in [4.78, 5) is 0. The number of halogens is 1. The zero-order valence-electron chi connectivity index (χ0n) is 6.86. The molecular formula is C7H12IO3P. The second kappa shape index (κ2) is 4.22. The highest BCUT2D eigenvalue weighted by molar-refractivity contribution is 14.2. The Morgan fingerprint density at radius 3 is 3.00 bits per heavy atom. The Bertz CT molecular complexity index is 239. The van der Waals surface area contributed by atoms with E-state index in [2.05, 4.69) is 0 Å². The lowest BCUT2D eigenvalue weighted by atomic mass is 10.3. The van der Waals surface area contributed by atoms with Crippen LogP contribution in [0.2, 0.25) is 0 Å². The first-order valence-electron chi connectivity index (χ1n) is 3.88. The summed E-state index contributed by atoms with van der Waals surface area (Å²) >= 11 is 1.84. The van der Waals surface area contributed by atoms with Gasteiger partial charge in [-0.05, 0) is 13.3 Å². The minimum atomic E-state index is -2.61. The highest BCUT2D eigenvalue weighted by atomic mass is 127. The Kier molecular flexibility index (Phi) is 3.76. The molecule has 0 aromatic rings. The van der Waals surface area contributed by atoms with Crippen molar-refractivity contribution in [1.82, 2.24) is 0 Å². The van der Waals surface area contributed by atoms with Gasteiger partial charge in [-0.1, -0.05) is 6.08 Å². The number of aliphatic hydroxyl groups excluding tert-OH is 1. The van der Waals surface area contributed by atoms with Crippen molar-refractivity contribution in [2.75, 3.05) is 6.61 Å². The predicted octanol–water partition coefficient (Wildman–Crippen LogP) is 2.69. The van der Waals surface area contributed by atoms with Crippen LogP contribution in [0.4, 0.5) is 0 Å². The van der Waals surface area contributed by atoms with Crippen LogP contribution in [0.1, 0.15) is 19.8 Å². The van der Waals surface area contributed by atoms with E-state index < -0.39 is 5.01 Å². The fraction of sp³-hybridized carbons (Fsp3) is 0.714. The van der Waals surface area contributed by atoms with E-state index in [9.17, 15) is 9.67 Å². The molecule has 2 atom stereocenters. The molecule has 3 nitrogen and oxygen atoms in total. The molecule has 0 amide bonds. The van der Waals surface area contributed by atoms with Gasteiger partial charge in [-0.15, -0.1) is 0 Å². The fourth-order valence-corrected chi connectivity index (χ4v) is 4.41. The molecule has 1 aliphatic rings. The zero-order chi connectivity index (χ0) is 9.19. The Hall–Kier alpha value is 0.620. The van der Waals surface area contributed by atoms with E-state index in [0.29, 0.717) is 19.4 Å². The molecule has 5 heteroatoms. The van der Waals surface area contributed by atoms with Gasteiger partial charge in [-0.2, -0.15) is 0 Å². The maximum atomic E-state index is 11.7. The maximum Gasteiger partial charge on any atom is 0.284 e. The summed E-state index contributed by atoms with van der Waals surface area (Å²) in [6.07, 6.45) is 2.58. The van der Waals surface area contributed by atoms with Crippen LogP contribution in [0.3, 0.4) is 0 Å². The summed E-state index contributed by atoms with van der Waals surface area (Å²) in [6.45, 7) is 2.27. The summed E-state index contributed by atoms with van der Waals surface area (Å²) in [5.74, 6) is 0. The molecule has 0 saturated heterocycles. The van der Waals surface area contributed by atoms with Crippen molar-refractivity contribution < 1.29 is 14.2 Å². The monoisotopic (exact) mass is 302 g/mol. The van der Waals surface area contributed by atoms with Crippen LogP contribution < -0.4 is 0 Å². The average Bonchev–Trinajstić information content (AvgIpc) is 2.36. The van der Waals surface area contributed by atoms with Crippen LogP contribution in [-0.4, -0.2) is 17.8 Å². The van der Waals surface area contributed by atoms with Crippen molar-refractivity contribution in [1.29, 1.82) is 0 Å². The number of hydrogen-bond acceptors (Lipinski definition) is 3. The van der Waals surface area contributed by atoms with Crippen molar-refractivity contribution in [2.24, 2.45) is 0 Å². The topological polar surface area (TPSA) is 46.5 Å². The van der Waals surface area contributed by atoms with E-state index in [1.165, 1.54) is 0 Å². The molecule has 12 heavy (non-hydrogen) atoms. The van der Waals surface area contributed by atoms with Gasteiger partial charge >= 0.3 is 0 Å². The SMILES string of the molecule is CCOP(=O)(I)C1=CCC(O)C1. The fourth-order valence-electron chi connectivity index (χ4n) is 1.15. The first-order valence-corrected chi connectivity index (χ1v) is 8.29. The maximum absolute atomic E-state index is 11.7. The Labute approximate surface area is 85.1 Å². The van der Waals surface area contributed by atoms with Gasteiger partial charge in [0.25, 0.3) is 5.01 Å². The molecule has 2 unspecified atom stereocenters. The number of rotatable bonds is 3. The summed E-state index contributed by atoms with van der Waals surface area (Å²) in [6, 6.07) is 0. The van der Waals surface area contributed by atoms with Gasteiger partial charge < -0.3 is 9.63 Å². The molecule has 0 radical (unpaired) electrons. The molecule has 1 N–H and O–H groups in total. The lowest BCUT2D eigenvalue weighted by molar-refractivity contribution is 0.188. The molecule has 70 valence electrons. The lowest BCUT2D eigenvalue weighted by Gasteiger charge is -2.11. The van der Waals surface area contributed by atoms with Gasteiger partial charge in [-0.25, -0.2) is 0 Å². The zero-order valence-corrected chi connectivity index (χ0v) is 9.92. The Morgan fingerprint density at radius 1 is 1.92 bits per heavy atom. The van der Waals surface area contributed by atoms with Gasteiger partial charge in [0.1, 0.15) is 0 Å². The van der Waals surface area contributed by atoms with E-state index in [-0.39, 0.29) is 6.10 Å². The third kappa shape index (κ3) is 2.55. The largest absolute Gasteiger partial charge is 0.392 e. The molecule has 0 aromatic heterocycles. The third-order valence-electron chi connectivity index (χ3n) is 1.71. The number of hydrogen-bond donors (Lipinski definition) is 1. The van der Waals surface area contributed by atoms with Crippen molar-refractivity contribution in [3.8, 4) is 0 Å². The van der Waals surface area contributed by atoms with Crippen LogP contribution in [-0.2, 0) is 9.09 Å². The second-order valence-electron chi connectivity index (χ2n) is 2.69. The predicted molar refractivity (Wildman–Crippen MR) is 56.6 cm³/mol. The summed E-state index contributed by atoms with van der Waals surface area (Å²) < 4.78 is 16.9. The van der Waals surface area contributed by atoms with E-state index >= 15 is 0 Å². The molecule has 0 heterocycles. The van der Waals surface area contributed by atoms with Crippen molar-refractivity contribution in [3.63, 3.8) is 0 Å². The Balaban J connectivity index is 2.64. The van der Waals surface area contributed by atoms with Gasteiger partial charge in [0, 0.05) is 33.8 Å². The standard InChI is InChI=1S/C7H12IO3P/c1-2-11-12(8,10)7-4-3-6(9)5-7/h4,6,9H,2-3,5H2,1H3. The number of aliphatic hydroxyl groups is 1. The molecule has 0 aromatic carbocycles. The van der Waals surface area contributed by atoms with E-state index in [4.69, 9.17) is 4.52 Å². The first-order chi connectivity index (χ1) is 5.56. The third-order valence-corrected chi connectivity index (χ3v) is 6.04. The Morgan fingerprint density at radius 2 is 2.58 bits per heavy atom. The van der Waals surface area contributed by atoms with E-state index in [0.717, 1.165) is 5.31 Å². The van der Waals surface area contributed by atoms with Gasteiger partial charge in [0.15, 0.2) is 0 Å². The quantitative estimate of drug-likeness (QED) is 0.644. The van der Waals surface area contributed by atoms with Crippen LogP contribution >= 0.6 is 27.1 Å². The van der Waals surface area contributed by atoms with Crippen LogP contribution in [0.5, 0.6) is 0 Å². The normalized spacial score (nSPS) is 28.2. The van der Waals surface area contributed by atoms with E-state index in [1.54, 1.807) is 0 Å². The van der Waals surface area contributed by atoms with E-state index in [1.807, 2.05) is 35.0 Å². The van der Waals surface area contributed by atoms with Crippen LogP contribution in [0.15, 0.2) is 11.4 Å². The van der Waals surface area contributed by atoms with Crippen molar-refractivity contribution >= 4 is 27.1 Å². The molecule has 0 fully saturated rings. The molecule has 0 aliphatic heterocycles. The van der Waals surface area contributed by atoms with Crippen LogP contribution in [0, 0.1) is 0 Å². The molecule has 0 spiro atoms. The molecule has 0 bridgehead atoms. The van der Waals surface area contributed by atoms with Crippen molar-refractivity contribution in [2.45, 2.75) is 25.9 Å². The summed E-state index contributed by atoms with van der Waals surface area (Å²) in [7, 11) is 0. The molecule has 1 rings (SSSR count).